The van der Waals surface area contributed by atoms with Gasteiger partial charge < -0.3 is 4.74 Å². The van der Waals surface area contributed by atoms with E-state index in [-0.39, 0.29) is 5.97 Å². The molecule has 0 amide bonds. The zero-order valence-electron chi connectivity index (χ0n) is 9.88. The van der Waals surface area contributed by atoms with Gasteiger partial charge in [-0.2, -0.15) is 0 Å². The fraction of sp³-hybridized carbons (Fsp3) is 0.0667. The van der Waals surface area contributed by atoms with Crippen molar-refractivity contribution < 1.29 is 9.53 Å². The molecule has 3 heteroatoms. The Morgan fingerprint density at radius 2 is 1.89 bits per heavy atom. The van der Waals surface area contributed by atoms with Gasteiger partial charge in [-0.1, -0.05) is 18.2 Å². The molecule has 0 aliphatic carbocycles. The van der Waals surface area contributed by atoms with E-state index in [1.807, 2.05) is 36.5 Å². The summed E-state index contributed by atoms with van der Waals surface area (Å²) >= 11 is 0. The smallest absolute Gasteiger partial charge is 0.337 e. The molecule has 3 nitrogen and oxygen atoms in total. The van der Waals surface area contributed by atoms with Crippen molar-refractivity contribution in [2.75, 3.05) is 7.11 Å². The maximum Gasteiger partial charge on any atom is 0.337 e. The van der Waals surface area contributed by atoms with Crippen LogP contribution in [0.4, 0.5) is 0 Å². The highest BCUT2D eigenvalue weighted by molar-refractivity contribution is 6.08. The van der Waals surface area contributed by atoms with Gasteiger partial charge in [0.15, 0.2) is 0 Å². The molecule has 0 N–H and O–H groups in total. The summed E-state index contributed by atoms with van der Waals surface area (Å²) in [4.78, 5) is 15.6. The lowest BCUT2D eigenvalue weighted by Crippen LogP contribution is -2.00. The molecule has 0 unspecified atom stereocenters. The van der Waals surface area contributed by atoms with Gasteiger partial charge in [0.1, 0.15) is 0 Å². The van der Waals surface area contributed by atoms with Crippen LogP contribution in [0.1, 0.15) is 10.4 Å². The number of aromatic nitrogens is 1. The fourth-order valence-corrected chi connectivity index (χ4v) is 2.15. The first-order valence-electron chi connectivity index (χ1n) is 5.64. The molecule has 0 fully saturated rings. The summed E-state index contributed by atoms with van der Waals surface area (Å²) < 4.78 is 4.72. The molecule has 88 valence electrons. The normalized spacial score (nSPS) is 10.7. The van der Waals surface area contributed by atoms with Crippen LogP contribution in [0.3, 0.4) is 0 Å². The van der Waals surface area contributed by atoms with Crippen molar-refractivity contribution in [1.29, 1.82) is 0 Å². The molecule has 0 saturated carbocycles. The summed E-state index contributed by atoms with van der Waals surface area (Å²) in [7, 11) is 1.39. The predicted molar refractivity (Wildman–Crippen MR) is 70.6 cm³/mol. The number of hydrogen-bond donors (Lipinski definition) is 0. The second kappa shape index (κ2) is 4.11. The third-order valence-corrected chi connectivity index (χ3v) is 3.06. The molecule has 0 bridgehead atoms. The lowest BCUT2D eigenvalue weighted by Gasteiger charge is -2.05. The minimum absolute atomic E-state index is 0.316. The van der Waals surface area contributed by atoms with Crippen LogP contribution in [0.2, 0.25) is 0 Å². The zero-order chi connectivity index (χ0) is 12.5. The maximum absolute atomic E-state index is 11.5. The molecule has 0 atom stereocenters. The number of carbonyl (C=O) groups is 1. The second-order valence-corrected chi connectivity index (χ2v) is 4.09. The van der Waals surface area contributed by atoms with Crippen molar-refractivity contribution in [3.05, 3.63) is 54.4 Å². The molecule has 0 radical (unpaired) electrons. The van der Waals surface area contributed by atoms with E-state index in [0.717, 1.165) is 21.5 Å². The number of nitrogens with zero attached hydrogens (tertiary/aromatic N) is 1. The van der Waals surface area contributed by atoms with Crippen molar-refractivity contribution in [3.8, 4) is 0 Å². The molecule has 0 saturated heterocycles. The molecular formula is C15H11NO2. The lowest BCUT2D eigenvalue weighted by atomic mass is 10.0. The Balaban J connectivity index is 2.31. The minimum Gasteiger partial charge on any atom is -0.465 e. The van der Waals surface area contributed by atoms with Crippen LogP contribution in [0.25, 0.3) is 21.5 Å². The molecule has 2 aromatic carbocycles. The van der Waals surface area contributed by atoms with Gasteiger partial charge in [-0.05, 0) is 34.4 Å². The number of benzene rings is 2. The quantitative estimate of drug-likeness (QED) is 0.482. The number of hydrogen-bond acceptors (Lipinski definition) is 3. The summed E-state index contributed by atoms with van der Waals surface area (Å²) in [5, 5.41) is 4.33. The standard InChI is InChI=1S/C15H11NO2/c1-18-15(17)12-4-5-13-11(8-12)3-2-10-6-7-16-9-14(10)13/h2-9H,1H3. The van der Waals surface area contributed by atoms with E-state index in [4.69, 9.17) is 4.74 Å². The van der Waals surface area contributed by atoms with Gasteiger partial charge >= 0.3 is 5.97 Å². The Bertz CT molecular complexity index is 750. The van der Waals surface area contributed by atoms with Crippen LogP contribution in [-0.4, -0.2) is 18.1 Å². The SMILES string of the molecule is COC(=O)c1ccc2c(ccc3ccncc32)c1. The van der Waals surface area contributed by atoms with Crippen molar-refractivity contribution in [2.24, 2.45) is 0 Å². The molecule has 3 aromatic rings. The first kappa shape index (κ1) is 10.7. The van der Waals surface area contributed by atoms with Crippen LogP contribution in [0.5, 0.6) is 0 Å². The Kier molecular flexibility index (Phi) is 2.45. The average molecular weight is 237 g/mol. The van der Waals surface area contributed by atoms with Crippen LogP contribution < -0.4 is 0 Å². The number of ether oxygens (including phenoxy) is 1. The highest BCUT2D eigenvalue weighted by Gasteiger charge is 2.07. The van der Waals surface area contributed by atoms with Crippen molar-refractivity contribution in [2.45, 2.75) is 0 Å². The van der Waals surface area contributed by atoms with Gasteiger partial charge in [0.25, 0.3) is 0 Å². The van der Waals surface area contributed by atoms with Crippen LogP contribution in [-0.2, 0) is 4.74 Å². The molecule has 1 aromatic heterocycles. The fourth-order valence-electron chi connectivity index (χ4n) is 2.15. The molecule has 0 aliphatic heterocycles. The van der Waals surface area contributed by atoms with E-state index >= 15 is 0 Å². The van der Waals surface area contributed by atoms with Crippen molar-refractivity contribution >= 4 is 27.5 Å². The third kappa shape index (κ3) is 1.61. The van der Waals surface area contributed by atoms with E-state index < -0.39 is 0 Å². The molecule has 18 heavy (non-hydrogen) atoms. The Morgan fingerprint density at radius 3 is 2.72 bits per heavy atom. The van der Waals surface area contributed by atoms with Crippen molar-refractivity contribution in [1.82, 2.24) is 4.98 Å². The number of fused-ring (bicyclic) bond motifs is 3. The third-order valence-electron chi connectivity index (χ3n) is 3.06. The molecule has 0 spiro atoms. The summed E-state index contributed by atoms with van der Waals surface area (Å²) in [5.41, 5.74) is 0.563. The number of methoxy groups -OCH3 is 1. The summed E-state index contributed by atoms with van der Waals surface area (Å²) in [6.45, 7) is 0. The number of pyridine rings is 1. The molecular weight excluding hydrogens is 226 g/mol. The minimum atomic E-state index is -0.316. The van der Waals surface area contributed by atoms with Gasteiger partial charge in [-0.25, -0.2) is 4.79 Å². The highest BCUT2D eigenvalue weighted by Crippen LogP contribution is 2.25. The van der Waals surface area contributed by atoms with Gasteiger partial charge in [0, 0.05) is 17.8 Å². The predicted octanol–water partition coefficient (Wildman–Crippen LogP) is 3.17. The summed E-state index contributed by atoms with van der Waals surface area (Å²) in [6.07, 6.45) is 3.62. The summed E-state index contributed by atoms with van der Waals surface area (Å²) in [6, 6.07) is 11.6. The van der Waals surface area contributed by atoms with Crippen LogP contribution >= 0.6 is 0 Å². The van der Waals surface area contributed by atoms with Crippen molar-refractivity contribution in [3.63, 3.8) is 0 Å². The van der Waals surface area contributed by atoms with E-state index in [9.17, 15) is 4.79 Å². The number of esters is 1. The zero-order valence-corrected chi connectivity index (χ0v) is 9.88. The average Bonchev–Trinajstić information content (AvgIpc) is 2.45. The Hall–Kier alpha value is -2.42. The van der Waals surface area contributed by atoms with E-state index in [1.54, 1.807) is 12.3 Å². The molecule has 0 aliphatic rings. The van der Waals surface area contributed by atoms with Crippen LogP contribution in [0.15, 0.2) is 48.8 Å². The van der Waals surface area contributed by atoms with Gasteiger partial charge in [-0.15, -0.1) is 0 Å². The van der Waals surface area contributed by atoms with Gasteiger partial charge in [0.05, 0.1) is 12.7 Å². The number of rotatable bonds is 1. The van der Waals surface area contributed by atoms with Gasteiger partial charge in [0.2, 0.25) is 0 Å². The topological polar surface area (TPSA) is 39.2 Å². The Labute approximate surface area is 104 Å². The monoisotopic (exact) mass is 237 g/mol. The summed E-state index contributed by atoms with van der Waals surface area (Å²) in [5.74, 6) is -0.316. The largest absolute Gasteiger partial charge is 0.465 e. The molecule has 3 rings (SSSR count). The Morgan fingerprint density at radius 1 is 1.06 bits per heavy atom. The van der Waals surface area contributed by atoms with E-state index in [0.29, 0.717) is 5.56 Å². The second-order valence-electron chi connectivity index (χ2n) is 4.09. The van der Waals surface area contributed by atoms with Gasteiger partial charge in [-0.3, -0.25) is 4.98 Å². The highest BCUT2D eigenvalue weighted by atomic mass is 16.5. The lowest BCUT2D eigenvalue weighted by molar-refractivity contribution is 0.0601. The first-order chi connectivity index (χ1) is 8.79. The molecule has 1 heterocycles. The number of carbonyl (C=O) groups excluding carboxylic acids is 1. The van der Waals surface area contributed by atoms with E-state index in [2.05, 4.69) is 4.98 Å². The van der Waals surface area contributed by atoms with Crippen LogP contribution in [0, 0.1) is 0 Å². The first-order valence-corrected chi connectivity index (χ1v) is 5.64. The van der Waals surface area contributed by atoms with E-state index in [1.165, 1.54) is 7.11 Å². The maximum atomic E-state index is 11.5.